The Hall–Kier alpha value is -1.35. The van der Waals surface area contributed by atoms with Crippen LogP contribution in [0.2, 0.25) is 0 Å². The highest BCUT2D eigenvalue weighted by Crippen LogP contribution is 2.27. The van der Waals surface area contributed by atoms with Crippen molar-refractivity contribution in [3.63, 3.8) is 0 Å². The maximum atomic E-state index is 5.71. The van der Waals surface area contributed by atoms with Crippen LogP contribution in [-0.2, 0) is 11.3 Å². The average Bonchev–Trinajstić information content (AvgIpc) is 2.79. The third-order valence-electron chi connectivity index (χ3n) is 2.87. The number of halogens is 1. The SMILES string of the molecule is COCCn1ncc(Br)c1C(NN)c1ccnc(C)n1. The summed E-state index contributed by atoms with van der Waals surface area (Å²) in [4.78, 5) is 8.51. The fourth-order valence-electron chi connectivity index (χ4n) is 1.95. The van der Waals surface area contributed by atoms with Gasteiger partial charge in [0.15, 0.2) is 0 Å². The molecule has 1 unspecified atom stereocenters. The van der Waals surface area contributed by atoms with E-state index in [1.807, 2.05) is 17.7 Å². The Bertz CT molecular complexity index is 573. The van der Waals surface area contributed by atoms with Gasteiger partial charge < -0.3 is 4.74 Å². The fourth-order valence-corrected chi connectivity index (χ4v) is 2.48. The Labute approximate surface area is 125 Å². The topological polar surface area (TPSA) is 90.9 Å². The number of methoxy groups -OCH3 is 1. The molecule has 2 rings (SSSR count). The second kappa shape index (κ2) is 6.89. The number of ether oxygens (including phenoxy) is 1. The zero-order valence-corrected chi connectivity index (χ0v) is 13.0. The van der Waals surface area contributed by atoms with E-state index in [0.29, 0.717) is 19.0 Å². The third kappa shape index (κ3) is 3.21. The molecule has 7 nitrogen and oxygen atoms in total. The lowest BCUT2D eigenvalue weighted by Gasteiger charge is -2.18. The van der Waals surface area contributed by atoms with Gasteiger partial charge in [0.25, 0.3) is 0 Å². The molecule has 1 atom stereocenters. The number of nitrogens with two attached hydrogens (primary N) is 1. The van der Waals surface area contributed by atoms with E-state index in [0.717, 1.165) is 15.9 Å². The summed E-state index contributed by atoms with van der Waals surface area (Å²) in [5.74, 6) is 6.41. The zero-order chi connectivity index (χ0) is 14.5. The van der Waals surface area contributed by atoms with Gasteiger partial charge in [0, 0.05) is 13.3 Å². The van der Waals surface area contributed by atoms with Crippen LogP contribution in [0.5, 0.6) is 0 Å². The summed E-state index contributed by atoms with van der Waals surface area (Å²) < 4.78 is 7.81. The summed E-state index contributed by atoms with van der Waals surface area (Å²) in [6, 6.07) is 1.56. The first-order valence-corrected chi connectivity index (χ1v) is 6.92. The van der Waals surface area contributed by atoms with Gasteiger partial charge in [-0.15, -0.1) is 0 Å². The van der Waals surface area contributed by atoms with Crippen LogP contribution in [-0.4, -0.2) is 33.5 Å². The van der Waals surface area contributed by atoms with Crippen LogP contribution in [0.3, 0.4) is 0 Å². The van der Waals surface area contributed by atoms with Gasteiger partial charge in [-0.05, 0) is 28.9 Å². The number of rotatable bonds is 6. The predicted molar refractivity (Wildman–Crippen MR) is 77.7 cm³/mol. The maximum Gasteiger partial charge on any atom is 0.125 e. The van der Waals surface area contributed by atoms with Crippen molar-refractivity contribution in [2.45, 2.75) is 19.5 Å². The molecule has 0 fully saturated rings. The van der Waals surface area contributed by atoms with Crippen molar-refractivity contribution in [1.82, 2.24) is 25.2 Å². The number of nitrogens with one attached hydrogen (secondary N) is 1. The van der Waals surface area contributed by atoms with E-state index in [4.69, 9.17) is 10.6 Å². The summed E-state index contributed by atoms with van der Waals surface area (Å²) >= 11 is 3.50. The van der Waals surface area contributed by atoms with Crippen LogP contribution in [0.1, 0.15) is 23.3 Å². The van der Waals surface area contributed by atoms with Crippen molar-refractivity contribution in [2.24, 2.45) is 5.84 Å². The van der Waals surface area contributed by atoms with Crippen molar-refractivity contribution >= 4 is 15.9 Å². The van der Waals surface area contributed by atoms with Gasteiger partial charge in [-0.1, -0.05) is 0 Å². The number of hydrogen-bond acceptors (Lipinski definition) is 6. The summed E-state index contributed by atoms with van der Waals surface area (Å²) in [6.07, 6.45) is 3.45. The monoisotopic (exact) mass is 340 g/mol. The van der Waals surface area contributed by atoms with Gasteiger partial charge in [-0.3, -0.25) is 10.5 Å². The largest absolute Gasteiger partial charge is 0.383 e. The lowest BCUT2D eigenvalue weighted by molar-refractivity contribution is 0.182. The molecule has 2 aromatic heterocycles. The van der Waals surface area contributed by atoms with Crippen LogP contribution in [0.15, 0.2) is 22.9 Å². The summed E-state index contributed by atoms with van der Waals surface area (Å²) in [5.41, 5.74) is 4.48. The fraction of sp³-hybridized carbons (Fsp3) is 0.417. The highest BCUT2D eigenvalue weighted by atomic mass is 79.9. The lowest BCUT2D eigenvalue weighted by atomic mass is 10.1. The van der Waals surface area contributed by atoms with Crippen LogP contribution in [0.25, 0.3) is 0 Å². The maximum absolute atomic E-state index is 5.71. The molecule has 2 heterocycles. The van der Waals surface area contributed by atoms with Crippen LogP contribution < -0.4 is 11.3 Å². The molecular weight excluding hydrogens is 324 g/mol. The van der Waals surface area contributed by atoms with Crippen molar-refractivity contribution in [3.05, 3.63) is 40.1 Å². The molecule has 20 heavy (non-hydrogen) atoms. The molecular formula is C12H17BrN6O. The highest BCUT2D eigenvalue weighted by molar-refractivity contribution is 9.10. The Morgan fingerprint density at radius 2 is 2.35 bits per heavy atom. The van der Waals surface area contributed by atoms with Gasteiger partial charge in [0.2, 0.25) is 0 Å². The molecule has 0 saturated heterocycles. The van der Waals surface area contributed by atoms with E-state index in [1.54, 1.807) is 19.5 Å². The number of aryl methyl sites for hydroxylation is 1. The first-order valence-electron chi connectivity index (χ1n) is 6.13. The van der Waals surface area contributed by atoms with E-state index in [-0.39, 0.29) is 6.04 Å². The standard InChI is InChI=1S/C12H17BrN6O/c1-8-15-4-3-10(17-8)11(18-14)12-9(13)7-16-19(12)5-6-20-2/h3-4,7,11,18H,5-6,14H2,1-2H3. The number of nitrogens with zero attached hydrogens (tertiary/aromatic N) is 4. The normalized spacial score (nSPS) is 12.6. The highest BCUT2D eigenvalue weighted by Gasteiger charge is 2.22. The molecule has 0 aliphatic carbocycles. The minimum Gasteiger partial charge on any atom is -0.383 e. The minimum atomic E-state index is -0.273. The molecule has 0 spiro atoms. The summed E-state index contributed by atoms with van der Waals surface area (Å²) in [5, 5.41) is 4.32. The number of hydrazine groups is 1. The first-order chi connectivity index (χ1) is 9.67. The molecule has 0 aromatic carbocycles. The zero-order valence-electron chi connectivity index (χ0n) is 11.4. The van der Waals surface area contributed by atoms with Crippen molar-refractivity contribution in [3.8, 4) is 0 Å². The number of hydrogen-bond donors (Lipinski definition) is 2. The van der Waals surface area contributed by atoms with Crippen molar-refractivity contribution < 1.29 is 4.74 Å². The van der Waals surface area contributed by atoms with Crippen molar-refractivity contribution in [2.75, 3.05) is 13.7 Å². The Balaban J connectivity index is 2.38. The van der Waals surface area contributed by atoms with Crippen LogP contribution >= 0.6 is 15.9 Å². The smallest absolute Gasteiger partial charge is 0.125 e. The van der Waals surface area contributed by atoms with E-state index in [9.17, 15) is 0 Å². The van der Waals surface area contributed by atoms with Crippen molar-refractivity contribution in [1.29, 1.82) is 0 Å². The molecule has 0 radical (unpaired) electrons. The van der Waals surface area contributed by atoms with Gasteiger partial charge in [-0.25, -0.2) is 15.4 Å². The molecule has 0 aliphatic rings. The molecule has 108 valence electrons. The molecule has 3 N–H and O–H groups in total. The van der Waals surface area contributed by atoms with E-state index in [1.165, 1.54) is 0 Å². The molecule has 0 aliphatic heterocycles. The minimum absolute atomic E-state index is 0.273. The molecule has 8 heteroatoms. The molecule has 2 aromatic rings. The van der Waals surface area contributed by atoms with Crippen LogP contribution in [0, 0.1) is 6.92 Å². The Kier molecular flexibility index (Phi) is 5.18. The van der Waals surface area contributed by atoms with Gasteiger partial charge in [-0.2, -0.15) is 5.10 Å². The third-order valence-corrected chi connectivity index (χ3v) is 3.48. The second-order valence-corrected chi connectivity index (χ2v) is 5.08. The van der Waals surface area contributed by atoms with Gasteiger partial charge in [0.1, 0.15) is 11.9 Å². The van der Waals surface area contributed by atoms with E-state index < -0.39 is 0 Å². The summed E-state index contributed by atoms with van der Waals surface area (Å²) in [6.45, 7) is 3.05. The van der Waals surface area contributed by atoms with Gasteiger partial charge in [0.05, 0.1) is 35.2 Å². The average molecular weight is 341 g/mol. The number of aromatic nitrogens is 4. The quantitative estimate of drug-likeness (QED) is 0.600. The van der Waals surface area contributed by atoms with E-state index in [2.05, 4.69) is 36.4 Å². The first kappa shape index (κ1) is 15.0. The van der Waals surface area contributed by atoms with Gasteiger partial charge >= 0.3 is 0 Å². The molecule has 0 amide bonds. The Morgan fingerprint density at radius 3 is 3.00 bits per heavy atom. The lowest BCUT2D eigenvalue weighted by Crippen LogP contribution is -2.32. The van der Waals surface area contributed by atoms with E-state index >= 15 is 0 Å². The summed E-state index contributed by atoms with van der Waals surface area (Å²) in [7, 11) is 1.66. The second-order valence-electron chi connectivity index (χ2n) is 4.22. The predicted octanol–water partition coefficient (Wildman–Crippen LogP) is 0.943. The molecule has 0 bridgehead atoms. The van der Waals surface area contributed by atoms with Crippen LogP contribution in [0.4, 0.5) is 0 Å². The molecule has 0 saturated carbocycles. The Morgan fingerprint density at radius 1 is 1.55 bits per heavy atom.